The summed E-state index contributed by atoms with van der Waals surface area (Å²) in [6, 6.07) is 5.46. The van der Waals surface area contributed by atoms with Gasteiger partial charge < -0.3 is 25.0 Å². The second-order valence-electron chi connectivity index (χ2n) is 6.06. The van der Waals surface area contributed by atoms with Gasteiger partial charge in [0.1, 0.15) is 18.0 Å². The topological polar surface area (TPSA) is 88.0 Å². The number of amides is 1. The summed E-state index contributed by atoms with van der Waals surface area (Å²) in [5, 5.41) is 23.4. The highest BCUT2D eigenvalue weighted by Gasteiger charge is 2.42. The summed E-state index contributed by atoms with van der Waals surface area (Å²) < 4.78 is 11.8. The minimum atomic E-state index is -1.47. The number of nitrogens with one attached hydrogen (secondary N) is 1. The number of aliphatic hydroxyl groups is 2. The highest BCUT2D eigenvalue weighted by Crippen LogP contribution is 2.31. The summed E-state index contributed by atoms with van der Waals surface area (Å²) in [4.78, 5) is 12.3. The van der Waals surface area contributed by atoms with Gasteiger partial charge in [0.05, 0.1) is 6.04 Å². The first kappa shape index (κ1) is 16.7. The summed E-state index contributed by atoms with van der Waals surface area (Å²) in [6.07, 6.45) is -0.364. The number of carbonyl (C=O) groups is 1. The lowest BCUT2D eigenvalue weighted by molar-refractivity contribution is -0.160. The second-order valence-corrected chi connectivity index (χ2v) is 6.91. The molecule has 126 valence electrons. The maximum atomic E-state index is 12.3. The molecule has 23 heavy (non-hydrogen) atoms. The molecule has 1 fully saturated rings. The molecule has 2 aliphatic heterocycles. The Balaban J connectivity index is 1.63. The smallest absolute Gasteiger partial charge is 0.252 e. The Bertz CT molecular complexity index is 588. The summed E-state index contributed by atoms with van der Waals surface area (Å²) in [7, 11) is 0. The predicted molar refractivity (Wildman–Crippen MR) is 86.3 cm³/mol. The van der Waals surface area contributed by atoms with Gasteiger partial charge in [0.15, 0.2) is 6.10 Å². The zero-order chi connectivity index (χ0) is 16.4. The standard InChI is InChI=1S/C16H20BrNO5/c17-12-2-1-3-13-11(12)8-10(9-23-13)18-15(20)14(19)16(21)4-6-22-7-5-16/h1-3,10,14,19,21H,4-9H2,(H,18,20). The molecule has 7 heteroatoms. The Labute approximate surface area is 142 Å². The lowest BCUT2D eigenvalue weighted by Crippen LogP contribution is -2.56. The van der Waals surface area contributed by atoms with Gasteiger partial charge in [-0.25, -0.2) is 0 Å². The van der Waals surface area contributed by atoms with Gasteiger partial charge >= 0.3 is 0 Å². The number of aliphatic hydroxyl groups excluding tert-OH is 1. The van der Waals surface area contributed by atoms with E-state index in [0.717, 1.165) is 15.8 Å². The van der Waals surface area contributed by atoms with E-state index in [1.54, 1.807) is 0 Å². The zero-order valence-electron chi connectivity index (χ0n) is 12.6. The highest BCUT2D eigenvalue weighted by molar-refractivity contribution is 9.10. The first-order valence-electron chi connectivity index (χ1n) is 7.68. The van der Waals surface area contributed by atoms with Gasteiger partial charge in [0, 0.05) is 42.5 Å². The van der Waals surface area contributed by atoms with Crippen molar-refractivity contribution in [1.82, 2.24) is 5.32 Å². The van der Waals surface area contributed by atoms with E-state index in [1.165, 1.54) is 0 Å². The second kappa shape index (κ2) is 6.76. The molecule has 2 atom stereocenters. The summed E-state index contributed by atoms with van der Waals surface area (Å²) in [6.45, 7) is 1.02. The molecule has 1 aromatic rings. The molecule has 2 aliphatic rings. The van der Waals surface area contributed by atoms with Crippen LogP contribution >= 0.6 is 15.9 Å². The van der Waals surface area contributed by atoms with Crippen molar-refractivity contribution in [3.05, 3.63) is 28.2 Å². The van der Waals surface area contributed by atoms with Crippen LogP contribution in [0.4, 0.5) is 0 Å². The molecule has 0 aliphatic carbocycles. The molecule has 0 aromatic heterocycles. The normalized spacial score (nSPS) is 24.2. The fourth-order valence-electron chi connectivity index (χ4n) is 2.98. The van der Waals surface area contributed by atoms with Gasteiger partial charge in [-0.2, -0.15) is 0 Å². The van der Waals surface area contributed by atoms with Crippen LogP contribution in [0.15, 0.2) is 22.7 Å². The molecule has 6 nitrogen and oxygen atoms in total. The van der Waals surface area contributed by atoms with Crippen molar-refractivity contribution in [3.8, 4) is 5.75 Å². The lowest BCUT2D eigenvalue weighted by atomic mass is 9.87. The van der Waals surface area contributed by atoms with Crippen molar-refractivity contribution in [1.29, 1.82) is 0 Å². The van der Waals surface area contributed by atoms with Crippen LogP contribution in [0.2, 0.25) is 0 Å². The molecule has 1 amide bonds. The van der Waals surface area contributed by atoms with Crippen molar-refractivity contribution in [2.45, 2.75) is 37.0 Å². The third kappa shape index (κ3) is 3.52. The number of fused-ring (bicyclic) bond motifs is 1. The fourth-order valence-corrected chi connectivity index (χ4v) is 3.49. The Morgan fingerprint density at radius 1 is 1.39 bits per heavy atom. The molecule has 3 N–H and O–H groups in total. The SMILES string of the molecule is O=C(NC1COc2cccc(Br)c2C1)C(O)C1(O)CCOCC1. The first-order chi connectivity index (χ1) is 11.0. The van der Waals surface area contributed by atoms with Gasteiger partial charge in [-0.1, -0.05) is 22.0 Å². The molecule has 0 bridgehead atoms. The fraction of sp³-hybridized carbons (Fsp3) is 0.562. The number of carbonyl (C=O) groups excluding carboxylic acids is 1. The van der Waals surface area contributed by atoms with Crippen molar-refractivity contribution in [2.24, 2.45) is 0 Å². The van der Waals surface area contributed by atoms with Crippen LogP contribution in [0, 0.1) is 0 Å². The minimum Gasteiger partial charge on any atom is -0.491 e. The minimum absolute atomic E-state index is 0.244. The number of hydrogen-bond acceptors (Lipinski definition) is 5. The maximum Gasteiger partial charge on any atom is 0.252 e. The number of benzene rings is 1. The summed E-state index contributed by atoms with van der Waals surface area (Å²) in [5.74, 6) is 0.229. The number of hydrogen-bond donors (Lipinski definition) is 3. The van der Waals surface area contributed by atoms with Gasteiger partial charge in [-0.15, -0.1) is 0 Å². The van der Waals surface area contributed by atoms with Gasteiger partial charge in [0.25, 0.3) is 5.91 Å². The summed E-state index contributed by atoms with van der Waals surface area (Å²) in [5.41, 5.74) is -0.431. The van der Waals surface area contributed by atoms with Crippen LogP contribution in [0.3, 0.4) is 0 Å². The van der Waals surface area contributed by atoms with E-state index in [0.29, 0.717) is 26.2 Å². The quantitative estimate of drug-likeness (QED) is 0.715. The van der Waals surface area contributed by atoms with Crippen LogP contribution < -0.4 is 10.1 Å². The molecule has 0 radical (unpaired) electrons. The van der Waals surface area contributed by atoms with Crippen LogP contribution in [-0.4, -0.2) is 53.7 Å². The molecular weight excluding hydrogens is 366 g/mol. The maximum absolute atomic E-state index is 12.3. The Morgan fingerprint density at radius 2 is 2.13 bits per heavy atom. The zero-order valence-corrected chi connectivity index (χ0v) is 14.2. The van der Waals surface area contributed by atoms with Crippen LogP contribution in [0.1, 0.15) is 18.4 Å². The van der Waals surface area contributed by atoms with Crippen LogP contribution in [0.5, 0.6) is 5.75 Å². The summed E-state index contributed by atoms with van der Waals surface area (Å²) >= 11 is 3.48. The molecule has 0 saturated carbocycles. The lowest BCUT2D eigenvalue weighted by Gasteiger charge is -2.36. The molecule has 2 heterocycles. The highest BCUT2D eigenvalue weighted by atomic mass is 79.9. The molecule has 1 aromatic carbocycles. The van der Waals surface area contributed by atoms with Crippen LogP contribution in [-0.2, 0) is 16.0 Å². The Morgan fingerprint density at radius 3 is 2.87 bits per heavy atom. The van der Waals surface area contributed by atoms with E-state index in [1.807, 2.05) is 18.2 Å². The monoisotopic (exact) mass is 385 g/mol. The van der Waals surface area contributed by atoms with Crippen molar-refractivity contribution in [2.75, 3.05) is 19.8 Å². The van der Waals surface area contributed by atoms with Gasteiger partial charge in [-0.05, 0) is 12.1 Å². The Hall–Kier alpha value is -1.15. The van der Waals surface area contributed by atoms with E-state index in [-0.39, 0.29) is 18.9 Å². The van der Waals surface area contributed by atoms with Crippen molar-refractivity contribution >= 4 is 21.8 Å². The molecular formula is C16H20BrNO5. The Kier molecular flexibility index (Phi) is 4.91. The average Bonchev–Trinajstić information content (AvgIpc) is 2.55. The number of ether oxygens (including phenoxy) is 2. The molecule has 0 spiro atoms. The van der Waals surface area contributed by atoms with Crippen molar-refractivity contribution in [3.63, 3.8) is 0 Å². The van der Waals surface area contributed by atoms with Crippen molar-refractivity contribution < 1.29 is 24.5 Å². The third-order valence-corrected chi connectivity index (χ3v) is 5.17. The van der Waals surface area contributed by atoms with Crippen LogP contribution in [0.25, 0.3) is 0 Å². The number of halogens is 1. The first-order valence-corrected chi connectivity index (χ1v) is 8.48. The average molecular weight is 386 g/mol. The molecule has 3 rings (SSSR count). The predicted octanol–water partition coefficient (Wildman–Crippen LogP) is 0.771. The molecule has 1 saturated heterocycles. The number of rotatable bonds is 3. The molecule has 2 unspecified atom stereocenters. The van der Waals surface area contributed by atoms with E-state index >= 15 is 0 Å². The van der Waals surface area contributed by atoms with E-state index < -0.39 is 17.6 Å². The van der Waals surface area contributed by atoms with E-state index in [4.69, 9.17) is 9.47 Å². The van der Waals surface area contributed by atoms with Gasteiger partial charge in [-0.3, -0.25) is 4.79 Å². The van der Waals surface area contributed by atoms with E-state index in [2.05, 4.69) is 21.2 Å². The third-order valence-electron chi connectivity index (χ3n) is 4.43. The van der Waals surface area contributed by atoms with E-state index in [9.17, 15) is 15.0 Å². The van der Waals surface area contributed by atoms with Gasteiger partial charge in [0.2, 0.25) is 0 Å². The largest absolute Gasteiger partial charge is 0.491 e.